The molecule has 0 aliphatic rings. The van der Waals surface area contributed by atoms with Crippen molar-refractivity contribution in [1.82, 2.24) is 14.3 Å². The minimum absolute atomic E-state index is 0.687. The molecule has 2 aromatic heterocycles. The second-order valence-electron chi connectivity index (χ2n) is 4.83. The standard InChI is InChI=1S/C15H15Cl2N3/c1-3-12-15(17)14(19(2)18-12)9-20-7-6-10-4-5-11(16)8-13(10)20/h4-8H,3,9H2,1-2H3. The van der Waals surface area contributed by atoms with Gasteiger partial charge in [-0.1, -0.05) is 36.2 Å². The normalized spacial score (nSPS) is 11.4. The van der Waals surface area contributed by atoms with Crippen LogP contribution in [0.25, 0.3) is 10.9 Å². The molecular formula is C15H15Cl2N3. The summed E-state index contributed by atoms with van der Waals surface area (Å²) in [7, 11) is 1.93. The van der Waals surface area contributed by atoms with Gasteiger partial charge in [0.1, 0.15) is 0 Å². The highest BCUT2D eigenvalue weighted by atomic mass is 35.5. The van der Waals surface area contributed by atoms with E-state index in [0.717, 1.165) is 33.4 Å². The molecule has 104 valence electrons. The summed E-state index contributed by atoms with van der Waals surface area (Å²) in [6.07, 6.45) is 2.89. The molecule has 0 unspecified atom stereocenters. The Morgan fingerprint density at radius 3 is 2.70 bits per heavy atom. The number of benzene rings is 1. The molecule has 0 fully saturated rings. The topological polar surface area (TPSA) is 22.8 Å². The second kappa shape index (κ2) is 5.15. The fourth-order valence-electron chi connectivity index (χ4n) is 2.45. The monoisotopic (exact) mass is 307 g/mol. The van der Waals surface area contributed by atoms with Crippen LogP contribution in [0.1, 0.15) is 18.3 Å². The lowest BCUT2D eigenvalue weighted by atomic mass is 10.2. The number of hydrogen-bond donors (Lipinski definition) is 0. The number of aromatic nitrogens is 3. The smallest absolute Gasteiger partial charge is 0.0868 e. The van der Waals surface area contributed by atoms with Gasteiger partial charge in [-0.05, 0) is 30.0 Å². The number of hydrogen-bond acceptors (Lipinski definition) is 1. The van der Waals surface area contributed by atoms with Crippen molar-refractivity contribution in [2.24, 2.45) is 7.05 Å². The average Bonchev–Trinajstić information content (AvgIpc) is 2.94. The third-order valence-corrected chi connectivity index (χ3v) is 4.23. The molecule has 0 saturated heterocycles. The Balaban J connectivity index is 2.05. The minimum Gasteiger partial charge on any atom is -0.341 e. The average molecular weight is 308 g/mol. The third-order valence-electron chi connectivity index (χ3n) is 3.56. The molecule has 0 amide bonds. The molecule has 0 bridgehead atoms. The molecule has 2 heterocycles. The Labute approximate surface area is 127 Å². The Bertz CT molecular complexity index is 771. The highest BCUT2D eigenvalue weighted by Gasteiger charge is 2.14. The Morgan fingerprint density at radius 2 is 2.00 bits per heavy atom. The lowest BCUT2D eigenvalue weighted by molar-refractivity contribution is 0.670. The van der Waals surface area contributed by atoms with Crippen LogP contribution in [-0.4, -0.2) is 14.3 Å². The maximum Gasteiger partial charge on any atom is 0.0868 e. The van der Waals surface area contributed by atoms with E-state index in [9.17, 15) is 0 Å². The van der Waals surface area contributed by atoms with Crippen LogP contribution in [0.3, 0.4) is 0 Å². The molecule has 20 heavy (non-hydrogen) atoms. The zero-order valence-electron chi connectivity index (χ0n) is 11.4. The largest absolute Gasteiger partial charge is 0.341 e. The predicted molar refractivity (Wildman–Crippen MR) is 83.6 cm³/mol. The first-order valence-electron chi connectivity index (χ1n) is 6.54. The van der Waals surface area contributed by atoms with Gasteiger partial charge in [0, 0.05) is 23.8 Å². The van der Waals surface area contributed by atoms with Gasteiger partial charge in [0.2, 0.25) is 0 Å². The van der Waals surface area contributed by atoms with Gasteiger partial charge in [-0.25, -0.2) is 0 Å². The van der Waals surface area contributed by atoms with Gasteiger partial charge in [-0.3, -0.25) is 4.68 Å². The maximum absolute atomic E-state index is 6.41. The number of halogens is 2. The highest BCUT2D eigenvalue weighted by Crippen LogP contribution is 2.25. The summed E-state index contributed by atoms with van der Waals surface area (Å²) in [5.74, 6) is 0. The van der Waals surface area contributed by atoms with E-state index in [2.05, 4.69) is 28.9 Å². The molecule has 0 N–H and O–H groups in total. The summed E-state index contributed by atoms with van der Waals surface area (Å²) >= 11 is 12.5. The van der Waals surface area contributed by atoms with Crippen molar-refractivity contribution in [1.29, 1.82) is 0 Å². The van der Waals surface area contributed by atoms with E-state index >= 15 is 0 Å². The maximum atomic E-state index is 6.41. The highest BCUT2D eigenvalue weighted by molar-refractivity contribution is 6.32. The predicted octanol–water partition coefficient (Wildman–Crippen LogP) is 4.29. The summed E-state index contributed by atoms with van der Waals surface area (Å²) in [5, 5.41) is 7.12. The fourth-order valence-corrected chi connectivity index (χ4v) is 2.97. The molecule has 1 aromatic carbocycles. The molecular weight excluding hydrogens is 293 g/mol. The lowest BCUT2D eigenvalue weighted by Crippen LogP contribution is -2.05. The molecule has 0 aliphatic carbocycles. The molecule has 0 radical (unpaired) electrons. The molecule has 0 saturated carbocycles. The Morgan fingerprint density at radius 1 is 1.20 bits per heavy atom. The van der Waals surface area contributed by atoms with E-state index in [0.29, 0.717) is 6.54 Å². The van der Waals surface area contributed by atoms with Gasteiger partial charge in [0.15, 0.2) is 0 Å². The van der Waals surface area contributed by atoms with Crippen molar-refractivity contribution in [3.63, 3.8) is 0 Å². The van der Waals surface area contributed by atoms with Crippen LogP contribution in [-0.2, 0) is 20.0 Å². The number of rotatable bonds is 3. The Kier molecular flexibility index (Phi) is 3.48. The van der Waals surface area contributed by atoms with Crippen LogP contribution in [0.2, 0.25) is 10.0 Å². The number of aryl methyl sites for hydroxylation is 2. The lowest BCUT2D eigenvalue weighted by Gasteiger charge is -2.07. The fraction of sp³-hybridized carbons (Fsp3) is 0.267. The first-order valence-corrected chi connectivity index (χ1v) is 7.30. The van der Waals surface area contributed by atoms with Gasteiger partial charge in [0.25, 0.3) is 0 Å². The SMILES string of the molecule is CCc1nn(C)c(Cn2ccc3ccc(Cl)cc32)c1Cl. The van der Waals surface area contributed by atoms with Crippen molar-refractivity contribution in [3.8, 4) is 0 Å². The first kappa shape index (κ1) is 13.5. The quantitative estimate of drug-likeness (QED) is 0.707. The molecule has 3 nitrogen and oxygen atoms in total. The summed E-state index contributed by atoms with van der Waals surface area (Å²) in [6, 6.07) is 7.98. The zero-order chi connectivity index (χ0) is 14.3. The van der Waals surface area contributed by atoms with E-state index in [4.69, 9.17) is 23.2 Å². The van der Waals surface area contributed by atoms with Gasteiger partial charge >= 0.3 is 0 Å². The molecule has 0 atom stereocenters. The number of nitrogens with zero attached hydrogens (tertiary/aromatic N) is 3. The zero-order valence-corrected chi connectivity index (χ0v) is 12.9. The molecule has 0 aliphatic heterocycles. The van der Waals surface area contributed by atoms with Crippen molar-refractivity contribution in [2.45, 2.75) is 19.9 Å². The second-order valence-corrected chi connectivity index (χ2v) is 5.65. The van der Waals surface area contributed by atoms with E-state index < -0.39 is 0 Å². The van der Waals surface area contributed by atoms with Crippen molar-refractivity contribution < 1.29 is 0 Å². The van der Waals surface area contributed by atoms with E-state index in [-0.39, 0.29) is 0 Å². The minimum atomic E-state index is 0.687. The summed E-state index contributed by atoms with van der Waals surface area (Å²) in [5.41, 5.74) is 3.06. The van der Waals surface area contributed by atoms with Gasteiger partial charge < -0.3 is 4.57 Å². The summed E-state index contributed by atoms with van der Waals surface area (Å²) in [4.78, 5) is 0. The van der Waals surface area contributed by atoms with E-state index in [1.54, 1.807) is 0 Å². The van der Waals surface area contributed by atoms with Gasteiger partial charge in [-0.15, -0.1) is 0 Å². The van der Waals surface area contributed by atoms with Gasteiger partial charge in [-0.2, -0.15) is 5.10 Å². The first-order chi connectivity index (χ1) is 9.60. The molecule has 3 rings (SSSR count). The van der Waals surface area contributed by atoms with Crippen molar-refractivity contribution in [2.75, 3.05) is 0 Å². The van der Waals surface area contributed by atoms with Crippen LogP contribution < -0.4 is 0 Å². The molecule has 5 heteroatoms. The van der Waals surface area contributed by atoms with E-state index in [1.165, 1.54) is 5.39 Å². The molecule has 3 aromatic rings. The van der Waals surface area contributed by atoms with Crippen LogP contribution >= 0.6 is 23.2 Å². The number of fused-ring (bicyclic) bond motifs is 1. The van der Waals surface area contributed by atoms with E-state index in [1.807, 2.05) is 29.9 Å². The summed E-state index contributed by atoms with van der Waals surface area (Å²) in [6.45, 7) is 2.75. The summed E-state index contributed by atoms with van der Waals surface area (Å²) < 4.78 is 4.00. The van der Waals surface area contributed by atoms with Crippen molar-refractivity contribution >= 4 is 34.1 Å². The van der Waals surface area contributed by atoms with Crippen molar-refractivity contribution in [3.05, 3.63) is 51.9 Å². The van der Waals surface area contributed by atoms with Crippen LogP contribution in [0.15, 0.2) is 30.5 Å². The Hall–Kier alpha value is -1.45. The van der Waals surface area contributed by atoms with Crippen LogP contribution in [0.5, 0.6) is 0 Å². The van der Waals surface area contributed by atoms with Gasteiger partial charge in [0.05, 0.1) is 23.0 Å². The van der Waals surface area contributed by atoms with Crippen LogP contribution in [0, 0.1) is 0 Å². The van der Waals surface area contributed by atoms with Crippen LogP contribution in [0.4, 0.5) is 0 Å². The third kappa shape index (κ3) is 2.21. The molecule has 0 spiro atoms.